The lowest BCUT2D eigenvalue weighted by molar-refractivity contribution is -0.115. The van der Waals surface area contributed by atoms with E-state index in [4.69, 9.17) is 17.0 Å². The third-order valence-corrected chi connectivity index (χ3v) is 6.22. The number of thiocarbonyl (C=S) groups is 1. The maximum absolute atomic E-state index is 13.1. The molecule has 1 heterocycles. The van der Waals surface area contributed by atoms with Crippen molar-refractivity contribution in [2.24, 2.45) is 0 Å². The van der Waals surface area contributed by atoms with Crippen molar-refractivity contribution in [3.05, 3.63) is 94.9 Å². The second-order valence-corrected chi connectivity index (χ2v) is 8.69. The molecule has 1 N–H and O–H groups in total. The van der Waals surface area contributed by atoms with Gasteiger partial charge in [0.2, 0.25) is 0 Å². The molecule has 0 unspecified atom stereocenters. The summed E-state index contributed by atoms with van der Waals surface area (Å²) in [5.41, 5.74) is 1.15. The molecule has 0 aromatic heterocycles. The van der Waals surface area contributed by atoms with Crippen LogP contribution in [-0.4, -0.2) is 16.2 Å². The Morgan fingerprint density at radius 2 is 1.55 bits per heavy atom. The van der Waals surface area contributed by atoms with E-state index in [1.54, 1.807) is 18.2 Å². The number of benzene rings is 4. The second-order valence-electron chi connectivity index (χ2n) is 6.97. The summed E-state index contributed by atoms with van der Waals surface area (Å²) in [5, 5.41) is 6.27. The number of carbonyl (C=O) groups is 2. The number of rotatable bonds is 3. The highest BCUT2D eigenvalue weighted by molar-refractivity contribution is 8.26. The Labute approximate surface area is 187 Å². The van der Waals surface area contributed by atoms with Gasteiger partial charge in [0.15, 0.2) is 0 Å². The Morgan fingerprint density at radius 3 is 2.29 bits per heavy atom. The number of nitrogens with one attached hydrogen (secondary N) is 1. The van der Waals surface area contributed by atoms with E-state index in [0.29, 0.717) is 26.1 Å². The summed E-state index contributed by atoms with van der Waals surface area (Å²) in [6, 6.07) is 24.6. The third-order valence-electron chi connectivity index (χ3n) is 5.06. The number of esters is 1. The Hall–Kier alpha value is -3.48. The van der Waals surface area contributed by atoms with Gasteiger partial charge in [-0.3, -0.25) is 4.79 Å². The van der Waals surface area contributed by atoms with Gasteiger partial charge in [-0.15, -0.1) is 0 Å². The van der Waals surface area contributed by atoms with Gasteiger partial charge in [0, 0.05) is 5.56 Å². The lowest BCUT2D eigenvalue weighted by Gasteiger charge is -2.12. The van der Waals surface area contributed by atoms with Crippen LogP contribution >= 0.6 is 24.0 Å². The molecule has 1 fully saturated rings. The van der Waals surface area contributed by atoms with Crippen molar-refractivity contribution in [3.63, 3.8) is 0 Å². The van der Waals surface area contributed by atoms with Gasteiger partial charge in [-0.25, -0.2) is 4.79 Å². The van der Waals surface area contributed by atoms with Gasteiger partial charge in [-0.05, 0) is 39.8 Å². The fourth-order valence-corrected chi connectivity index (χ4v) is 4.65. The predicted octanol–water partition coefficient (Wildman–Crippen LogP) is 5.70. The molecule has 150 valence electrons. The minimum absolute atomic E-state index is 0.255. The van der Waals surface area contributed by atoms with Gasteiger partial charge in [0.1, 0.15) is 10.1 Å². The van der Waals surface area contributed by atoms with Gasteiger partial charge in [0.05, 0.1) is 10.5 Å². The molecular weight excluding hydrogens is 426 g/mol. The fraction of sp³-hybridized carbons (Fsp3) is 0. The highest BCUT2D eigenvalue weighted by atomic mass is 32.2. The van der Waals surface area contributed by atoms with Crippen LogP contribution in [0, 0.1) is 0 Å². The third kappa shape index (κ3) is 3.71. The van der Waals surface area contributed by atoms with Crippen LogP contribution in [0.5, 0.6) is 5.75 Å². The van der Waals surface area contributed by atoms with E-state index < -0.39 is 5.97 Å². The first-order valence-electron chi connectivity index (χ1n) is 9.57. The van der Waals surface area contributed by atoms with Crippen LogP contribution < -0.4 is 10.1 Å². The van der Waals surface area contributed by atoms with Crippen LogP contribution in [-0.2, 0) is 4.79 Å². The van der Waals surface area contributed by atoms with Crippen molar-refractivity contribution < 1.29 is 14.3 Å². The molecule has 31 heavy (non-hydrogen) atoms. The summed E-state index contributed by atoms with van der Waals surface area (Å²) in [6.45, 7) is 0. The minimum Gasteiger partial charge on any atom is -0.422 e. The zero-order chi connectivity index (χ0) is 21.4. The summed E-state index contributed by atoms with van der Waals surface area (Å²) < 4.78 is 6.27. The normalized spacial score (nSPS) is 14.9. The molecule has 1 aliphatic rings. The molecule has 5 rings (SSSR count). The lowest BCUT2D eigenvalue weighted by Crippen LogP contribution is -2.17. The summed E-state index contributed by atoms with van der Waals surface area (Å²) in [5.74, 6) is -0.324. The van der Waals surface area contributed by atoms with E-state index in [9.17, 15) is 9.59 Å². The van der Waals surface area contributed by atoms with E-state index in [-0.39, 0.29) is 5.91 Å². The lowest BCUT2D eigenvalue weighted by atomic mass is 10.0. The molecule has 0 aliphatic carbocycles. The molecule has 4 nitrogen and oxygen atoms in total. The maximum Gasteiger partial charge on any atom is 0.344 e. The van der Waals surface area contributed by atoms with Gasteiger partial charge in [-0.1, -0.05) is 90.7 Å². The molecule has 0 radical (unpaired) electrons. The average molecular weight is 442 g/mol. The number of thioether (sulfide) groups is 1. The monoisotopic (exact) mass is 441 g/mol. The largest absolute Gasteiger partial charge is 0.422 e. The predicted molar refractivity (Wildman–Crippen MR) is 129 cm³/mol. The number of hydrogen-bond donors (Lipinski definition) is 1. The Morgan fingerprint density at radius 1 is 0.871 bits per heavy atom. The molecule has 0 saturated carbocycles. The molecule has 0 atom stereocenters. The van der Waals surface area contributed by atoms with E-state index in [0.717, 1.165) is 21.5 Å². The number of hydrogen-bond acceptors (Lipinski definition) is 5. The number of amides is 1. The van der Waals surface area contributed by atoms with E-state index >= 15 is 0 Å². The van der Waals surface area contributed by atoms with Gasteiger partial charge in [-0.2, -0.15) is 0 Å². The SMILES string of the molecule is O=C1NC(=S)S/C1=C\c1c(OC(=O)c2cccc3ccccc23)ccc2ccccc12. The van der Waals surface area contributed by atoms with Gasteiger partial charge < -0.3 is 10.1 Å². The van der Waals surface area contributed by atoms with Crippen molar-refractivity contribution in [1.82, 2.24) is 5.32 Å². The quantitative estimate of drug-likeness (QED) is 0.191. The number of fused-ring (bicyclic) bond motifs is 2. The molecule has 4 aromatic rings. The highest BCUT2D eigenvalue weighted by Crippen LogP contribution is 2.34. The molecule has 1 saturated heterocycles. The van der Waals surface area contributed by atoms with Crippen molar-refractivity contribution in [2.45, 2.75) is 0 Å². The van der Waals surface area contributed by atoms with Crippen molar-refractivity contribution in [3.8, 4) is 5.75 Å². The number of ether oxygens (including phenoxy) is 1. The Bertz CT molecular complexity index is 1420. The topological polar surface area (TPSA) is 55.4 Å². The first-order valence-corrected chi connectivity index (χ1v) is 10.8. The first kappa shape index (κ1) is 19.5. The zero-order valence-corrected chi connectivity index (χ0v) is 17.8. The fourth-order valence-electron chi connectivity index (χ4n) is 3.62. The van der Waals surface area contributed by atoms with Gasteiger partial charge in [0.25, 0.3) is 5.91 Å². The van der Waals surface area contributed by atoms with Crippen LogP contribution in [0.15, 0.2) is 83.8 Å². The van der Waals surface area contributed by atoms with Crippen LogP contribution in [0.3, 0.4) is 0 Å². The van der Waals surface area contributed by atoms with E-state index in [1.165, 1.54) is 11.8 Å². The Kier molecular flexibility index (Phi) is 5.02. The van der Waals surface area contributed by atoms with Crippen molar-refractivity contribution in [1.29, 1.82) is 0 Å². The highest BCUT2D eigenvalue weighted by Gasteiger charge is 2.24. The van der Waals surface area contributed by atoms with Crippen LogP contribution in [0.25, 0.3) is 27.6 Å². The molecule has 0 bridgehead atoms. The Balaban J connectivity index is 1.61. The molecular formula is C25H15NO3S2. The van der Waals surface area contributed by atoms with Crippen LogP contribution in [0.4, 0.5) is 0 Å². The maximum atomic E-state index is 13.1. The van der Waals surface area contributed by atoms with Crippen molar-refractivity contribution >= 4 is 67.8 Å². The first-order chi connectivity index (χ1) is 15.1. The molecule has 0 spiro atoms. The summed E-state index contributed by atoms with van der Waals surface area (Å²) in [7, 11) is 0. The minimum atomic E-state index is -0.453. The van der Waals surface area contributed by atoms with Crippen molar-refractivity contribution in [2.75, 3.05) is 0 Å². The van der Waals surface area contributed by atoms with E-state index in [1.807, 2.05) is 66.7 Å². The molecule has 1 aliphatic heterocycles. The molecule has 4 aromatic carbocycles. The molecule has 1 amide bonds. The summed E-state index contributed by atoms with van der Waals surface area (Å²) >= 11 is 6.30. The summed E-state index contributed by atoms with van der Waals surface area (Å²) in [6.07, 6.45) is 1.73. The smallest absolute Gasteiger partial charge is 0.344 e. The zero-order valence-electron chi connectivity index (χ0n) is 16.1. The van der Waals surface area contributed by atoms with Crippen LogP contribution in [0.2, 0.25) is 0 Å². The van der Waals surface area contributed by atoms with Gasteiger partial charge >= 0.3 is 5.97 Å². The standard InChI is InChI=1S/C25H15NO3S2/c27-23-22(31-25(30)26-23)14-20-18-10-4-2-7-16(18)12-13-21(20)29-24(28)19-11-5-8-15-6-1-3-9-17(15)19/h1-14H,(H,26,27,30)/b22-14-. The number of carbonyl (C=O) groups excluding carboxylic acids is 2. The van der Waals surface area contributed by atoms with Crippen LogP contribution in [0.1, 0.15) is 15.9 Å². The average Bonchev–Trinajstić information content (AvgIpc) is 3.11. The summed E-state index contributed by atoms with van der Waals surface area (Å²) in [4.78, 5) is 25.8. The molecule has 6 heteroatoms. The second kappa shape index (κ2) is 7.98. The van der Waals surface area contributed by atoms with E-state index in [2.05, 4.69) is 5.32 Å².